The van der Waals surface area contributed by atoms with Crippen molar-refractivity contribution in [3.8, 4) is 0 Å². The molecule has 2 N–H and O–H groups in total. The first kappa shape index (κ1) is 14.9. The van der Waals surface area contributed by atoms with Gasteiger partial charge >= 0.3 is 5.97 Å². The summed E-state index contributed by atoms with van der Waals surface area (Å²) in [6, 6.07) is 2.00. The molecule has 8 heteroatoms. The molecule has 0 fully saturated rings. The van der Waals surface area contributed by atoms with E-state index in [1.807, 2.05) is 0 Å². The summed E-state index contributed by atoms with van der Waals surface area (Å²) in [5, 5.41) is 8.16. The summed E-state index contributed by atoms with van der Waals surface area (Å²) in [5.41, 5.74) is 0.137. The van der Waals surface area contributed by atoms with Gasteiger partial charge in [-0.25, -0.2) is 17.5 Å². The average molecular weight is 296 g/mol. The van der Waals surface area contributed by atoms with Gasteiger partial charge in [-0.2, -0.15) is 0 Å². The Morgan fingerprint density at radius 3 is 2.67 bits per heavy atom. The van der Waals surface area contributed by atoms with Crippen molar-refractivity contribution in [1.29, 1.82) is 0 Å². The monoisotopic (exact) mass is 295 g/mol. The van der Waals surface area contributed by atoms with Crippen LogP contribution in [-0.4, -0.2) is 26.0 Å². The lowest BCUT2D eigenvalue weighted by atomic mass is 10.2. The van der Waals surface area contributed by atoms with Gasteiger partial charge in [-0.15, -0.1) is 0 Å². The fourth-order valence-corrected chi connectivity index (χ4v) is 2.84. The van der Waals surface area contributed by atoms with Gasteiger partial charge in [0.25, 0.3) is 0 Å². The Kier molecular flexibility index (Phi) is 4.66. The van der Waals surface area contributed by atoms with E-state index in [0.717, 1.165) is 12.1 Å². The van der Waals surface area contributed by atoms with Crippen LogP contribution in [0.5, 0.6) is 0 Å². The highest BCUT2D eigenvalue weighted by Crippen LogP contribution is 2.24. The van der Waals surface area contributed by atoms with Crippen molar-refractivity contribution in [2.24, 2.45) is 0 Å². The van der Waals surface area contributed by atoms with Crippen LogP contribution in [0.15, 0.2) is 17.0 Å². The maximum Gasteiger partial charge on any atom is 0.304 e. The molecule has 1 rings (SSSR count). The van der Waals surface area contributed by atoms with Crippen LogP contribution in [-0.2, 0) is 14.8 Å². The largest absolute Gasteiger partial charge is 0.481 e. The molecule has 0 saturated carbocycles. The molecule has 100 valence electrons. The number of aliphatic carboxylic acids is 1. The van der Waals surface area contributed by atoms with Crippen molar-refractivity contribution >= 4 is 27.6 Å². The molecule has 0 saturated heterocycles. The molecule has 0 spiro atoms. The van der Waals surface area contributed by atoms with E-state index in [4.69, 9.17) is 16.7 Å². The van der Waals surface area contributed by atoms with Gasteiger partial charge in [0.15, 0.2) is 0 Å². The molecular formula is C10H11ClFNO4S. The summed E-state index contributed by atoms with van der Waals surface area (Å²) in [4.78, 5) is 10.0. The SMILES string of the molecule is Cc1cc(S(=O)(=O)NCCC(=O)O)c(Cl)cc1F. The molecule has 0 aliphatic carbocycles. The lowest BCUT2D eigenvalue weighted by Gasteiger charge is -2.08. The quantitative estimate of drug-likeness (QED) is 0.863. The molecule has 0 aliphatic rings. The number of carboxylic acid groups (broad SMARTS) is 1. The summed E-state index contributed by atoms with van der Waals surface area (Å²) in [6.07, 6.45) is -0.350. The average Bonchev–Trinajstić information content (AvgIpc) is 2.22. The molecule has 0 heterocycles. The van der Waals surface area contributed by atoms with Gasteiger partial charge in [-0.05, 0) is 24.6 Å². The Bertz CT molecular complexity index is 573. The van der Waals surface area contributed by atoms with E-state index in [9.17, 15) is 17.6 Å². The smallest absolute Gasteiger partial charge is 0.304 e. The van der Waals surface area contributed by atoms with Gasteiger partial charge in [0, 0.05) is 6.54 Å². The minimum Gasteiger partial charge on any atom is -0.481 e. The number of sulfonamides is 1. The summed E-state index contributed by atoms with van der Waals surface area (Å²) in [5.74, 6) is -1.73. The van der Waals surface area contributed by atoms with Crippen molar-refractivity contribution in [3.63, 3.8) is 0 Å². The van der Waals surface area contributed by atoms with Crippen LogP contribution in [0, 0.1) is 12.7 Å². The molecule has 18 heavy (non-hydrogen) atoms. The normalized spacial score (nSPS) is 11.5. The number of aryl methyl sites for hydroxylation is 1. The maximum atomic E-state index is 13.1. The van der Waals surface area contributed by atoms with Gasteiger partial charge in [-0.1, -0.05) is 11.6 Å². The van der Waals surface area contributed by atoms with Crippen LogP contribution in [0.25, 0.3) is 0 Å². The van der Waals surface area contributed by atoms with Crippen LogP contribution < -0.4 is 4.72 Å². The highest BCUT2D eigenvalue weighted by molar-refractivity contribution is 7.89. The topological polar surface area (TPSA) is 83.5 Å². The van der Waals surface area contributed by atoms with E-state index < -0.39 is 21.8 Å². The third-order valence-electron chi connectivity index (χ3n) is 2.13. The van der Waals surface area contributed by atoms with Gasteiger partial charge in [0.05, 0.1) is 11.4 Å². The zero-order chi connectivity index (χ0) is 13.9. The van der Waals surface area contributed by atoms with Crippen molar-refractivity contribution in [2.45, 2.75) is 18.2 Å². The highest BCUT2D eigenvalue weighted by Gasteiger charge is 2.19. The minimum absolute atomic E-state index is 0.137. The molecule has 0 bridgehead atoms. The number of carboxylic acids is 1. The molecule has 0 unspecified atom stereocenters. The first-order valence-corrected chi connectivity index (χ1v) is 6.77. The fourth-order valence-electron chi connectivity index (χ4n) is 1.21. The van der Waals surface area contributed by atoms with Gasteiger partial charge in [0.1, 0.15) is 10.7 Å². The second kappa shape index (κ2) is 5.64. The molecule has 0 aromatic heterocycles. The predicted octanol–water partition coefficient (Wildman–Crippen LogP) is 1.54. The Morgan fingerprint density at radius 2 is 2.11 bits per heavy atom. The lowest BCUT2D eigenvalue weighted by molar-refractivity contribution is -0.136. The van der Waals surface area contributed by atoms with Crippen LogP contribution in [0.2, 0.25) is 5.02 Å². The molecule has 0 radical (unpaired) electrons. The molecule has 5 nitrogen and oxygen atoms in total. The molecule has 0 atom stereocenters. The van der Waals surface area contributed by atoms with Crippen molar-refractivity contribution in [2.75, 3.05) is 6.54 Å². The van der Waals surface area contributed by atoms with Crippen LogP contribution in [0.1, 0.15) is 12.0 Å². The Labute approximate surface area is 109 Å². The summed E-state index contributed by atoms with van der Waals surface area (Å²) >= 11 is 5.65. The van der Waals surface area contributed by atoms with Crippen molar-refractivity contribution < 1.29 is 22.7 Å². The Morgan fingerprint density at radius 1 is 1.50 bits per heavy atom. The van der Waals surface area contributed by atoms with Gasteiger partial charge in [0.2, 0.25) is 10.0 Å². The summed E-state index contributed by atoms with van der Waals surface area (Å²) in [6.45, 7) is 1.15. The molecule has 0 aliphatic heterocycles. The second-order valence-corrected chi connectivity index (χ2v) is 5.72. The fraction of sp³-hybridized carbons (Fsp3) is 0.300. The van der Waals surface area contributed by atoms with Crippen LogP contribution >= 0.6 is 11.6 Å². The number of benzene rings is 1. The molecular weight excluding hydrogens is 285 g/mol. The summed E-state index contributed by atoms with van der Waals surface area (Å²) in [7, 11) is -3.94. The van der Waals surface area contributed by atoms with Crippen LogP contribution in [0.3, 0.4) is 0 Å². The molecule has 1 aromatic carbocycles. The Hall–Kier alpha value is -1.18. The number of rotatable bonds is 5. The number of carbonyl (C=O) groups is 1. The van der Waals surface area contributed by atoms with E-state index in [2.05, 4.69) is 4.72 Å². The van der Waals surface area contributed by atoms with Crippen molar-refractivity contribution in [1.82, 2.24) is 4.72 Å². The number of nitrogens with one attached hydrogen (secondary N) is 1. The minimum atomic E-state index is -3.94. The molecule has 0 amide bonds. The maximum absolute atomic E-state index is 13.1. The number of hydrogen-bond donors (Lipinski definition) is 2. The van der Waals surface area contributed by atoms with Crippen LogP contribution in [0.4, 0.5) is 4.39 Å². The summed E-state index contributed by atoms with van der Waals surface area (Å²) < 4.78 is 38.8. The third kappa shape index (κ3) is 3.66. The Balaban J connectivity index is 2.98. The van der Waals surface area contributed by atoms with Crippen molar-refractivity contribution in [3.05, 3.63) is 28.5 Å². The molecule has 1 aromatic rings. The van der Waals surface area contributed by atoms with E-state index in [1.165, 1.54) is 6.92 Å². The lowest BCUT2D eigenvalue weighted by Crippen LogP contribution is -2.26. The van der Waals surface area contributed by atoms with E-state index in [-0.39, 0.29) is 28.4 Å². The standard InChI is InChI=1S/C10H11ClFNO4S/c1-6-4-9(7(11)5-8(6)12)18(16,17)13-3-2-10(14)15/h4-5,13H,2-3H2,1H3,(H,14,15). The van der Waals surface area contributed by atoms with E-state index >= 15 is 0 Å². The van der Waals surface area contributed by atoms with Gasteiger partial charge < -0.3 is 5.11 Å². The zero-order valence-corrected chi connectivity index (χ0v) is 11.0. The van der Waals surface area contributed by atoms with E-state index in [0.29, 0.717) is 0 Å². The highest BCUT2D eigenvalue weighted by atomic mass is 35.5. The third-order valence-corrected chi connectivity index (χ3v) is 4.06. The number of hydrogen-bond acceptors (Lipinski definition) is 3. The van der Waals surface area contributed by atoms with E-state index in [1.54, 1.807) is 0 Å². The first-order valence-electron chi connectivity index (χ1n) is 4.91. The van der Waals surface area contributed by atoms with Gasteiger partial charge in [-0.3, -0.25) is 4.79 Å². The number of halogens is 2. The zero-order valence-electron chi connectivity index (χ0n) is 9.41. The predicted molar refractivity (Wildman–Crippen MR) is 63.6 cm³/mol. The second-order valence-electron chi connectivity index (χ2n) is 3.57. The first-order chi connectivity index (χ1) is 8.24.